The van der Waals surface area contributed by atoms with Crippen molar-refractivity contribution in [3.63, 3.8) is 0 Å². The fourth-order valence-electron chi connectivity index (χ4n) is 1.07. The monoisotopic (exact) mass is 277 g/mol. The maximum absolute atomic E-state index is 11.6. The molecule has 1 rings (SSSR count). The lowest BCUT2D eigenvalue weighted by Crippen LogP contribution is -2.21. The van der Waals surface area contributed by atoms with Gasteiger partial charge in [0.1, 0.15) is 6.10 Å². The van der Waals surface area contributed by atoms with Gasteiger partial charge in [-0.15, -0.1) is 23.2 Å². The van der Waals surface area contributed by atoms with Crippen molar-refractivity contribution in [2.24, 2.45) is 0 Å². The fourth-order valence-corrected chi connectivity index (χ4v) is 1.53. The molecule has 1 aromatic carbocycles. The number of alkyl halides is 2. The Morgan fingerprint density at radius 1 is 1.41 bits per heavy atom. The number of nitro groups is 1. The highest BCUT2D eigenvalue weighted by molar-refractivity contribution is 6.21. The number of halogens is 2. The van der Waals surface area contributed by atoms with E-state index in [1.54, 1.807) is 0 Å². The van der Waals surface area contributed by atoms with Crippen molar-refractivity contribution < 1.29 is 14.5 Å². The first-order chi connectivity index (χ1) is 8.08. The van der Waals surface area contributed by atoms with Gasteiger partial charge in [0, 0.05) is 12.1 Å². The van der Waals surface area contributed by atoms with Gasteiger partial charge in [-0.2, -0.15) is 0 Å². The summed E-state index contributed by atoms with van der Waals surface area (Å²) in [5.41, 5.74) is -0.0767. The first-order valence-corrected chi connectivity index (χ1v) is 5.72. The molecule has 0 spiro atoms. The van der Waals surface area contributed by atoms with Crippen LogP contribution in [-0.2, 0) is 4.74 Å². The quantitative estimate of drug-likeness (QED) is 0.359. The van der Waals surface area contributed by atoms with Crippen molar-refractivity contribution in [1.82, 2.24) is 0 Å². The molecule has 0 saturated carbocycles. The average molecular weight is 278 g/mol. The smallest absolute Gasteiger partial charge is 0.338 e. The number of hydrogen-bond acceptors (Lipinski definition) is 4. The van der Waals surface area contributed by atoms with Crippen LogP contribution in [0.5, 0.6) is 0 Å². The van der Waals surface area contributed by atoms with Gasteiger partial charge in [-0.3, -0.25) is 10.1 Å². The predicted molar refractivity (Wildman–Crippen MR) is 63.7 cm³/mol. The van der Waals surface area contributed by atoms with Crippen LogP contribution in [0, 0.1) is 10.1 Å². The maximum atomic E-state index is 11.6. The average Bonchev–Trinajstić information content (AvgIpc) is 2.35. The van der Waals surface area contributed by atoms with Gasteiger partial charge < -0.3 is 4.74 Å². The van der Waals surface area contributed by atoms with E-state index in [2.05, 4.69) is 0 Å². The third-order valence-electron chi connectivity index (χ3n) is 1.91. The minimum absolute atomic E-state index is 0.0736. The number of non-ortho nitro benzene ring substituents is 1. The molecule has 0 aliphatic rings. The van der Waals surface area contributed by atoms with Crippen molar-refractivity contribution in [3.8, 4) is 0 Å². The zero-order valence-corrected chi connectivity index (χ0v) is 10.1. The minimum Gasteiger partial charge on any atom is -0.456 e. The van der Waals surface area contributed by atoms with Crippen LogP contribution >= 0.6 is 23.2 Å². The van der Waals surface area contributed by atoms with E-state index in [0.29, 0.717) is 0 Å². The predicted octanol–water partition coefficient (Wildman–Crippen LogP) is 2.60. The molecule has 0 amide bonds. The molecule has 17 heavy (non-hydrogen) atoms. The maximum Gasteiger partial charge on any atom is 0.338 e. The van der Waals surface area contributed by atoms with Crippen LogP contribution in [0.4, 0.5) is 5.69 Å². The third kappa shape index (κ3) is 3.87. The number of nitro benzene ring substituents is 1. The van der Waals surface area contributed by atoms with Crippen LogP contribution in [0.2, 0.25) is 0 Å². The Bertz CT molecular complexity index is 421. The van der Waals surface area contributed by atoms with Crippen LogP contribution in [0.25, 0.3) is 0 Å². The number of carbonyl (C=O) groups excluding carboxylic acids is 1. The zero-order valence-electron chi connectivity index (χ0n) is 8.64. The number of ether oxygens (including phenoxy) is 1. The van der Waals surface area contributed by atoms with Crippen LogP contribution < -0.4 is 0 Å². The SMILES string of the molecule is O=C(OC(CCl)CCl)c1cccc([N+](=O)[O-])c1. The Balaban J connectivity index is 2.82. The standard InChI is InChI=1S/C10H9Cl2NO4/c11-5-9(6-12)17-10(14)7-2-1-3-8(4-7)13(15)16/h1-4,9H,5-6H2. The lowest BCUT2D eigenvalue weighted by Gasteiger charge is -2.11. The number of nitrogens with zero attached hydrogens (tertiary/aromatic N) is 1. The van der Waals surface area contributed by atoms with Crippen LogP contribution in [-0.4, -0.2) is 28.8 Å². The Hall–Kier alpha value is -1.33. The highest BCUT2D eigenvalue weighted by atomic mass is 35.5. The van der Waals surface area contributed by atoms with E-state index in [1.165, 1.54) is 18.2 Å². The molecule has 0 unspecified atom stereocenters. The lowest BCUT2D eigenvalue weighted by molar-refractivity contribution is -0.384. The number of carbonyl (C=O) groups is 1. The summed E-state index contributed by atoms with van der Waals surface area (Å²) < 4.78 is 4.94. The molecule has 0 bridgehead atoms. The van der Waals surface area contributed by atoms with E-state index in [1.807, 2.05) is 0 Å². The van der Waals surface area contributed by atoms with Crippen molar-refractivity contribution in [2.45, 2.75) is 6.10 Å². The molecule has 0 radical (unpaired) electrons. The highest BCUT2D eigenvalue weighted by Crippen LogP contribution is 2.14. The molecule has 0 saturated heterocycles. The summed E-state index contributed by atoms with van der Waals surface area (Å²) in [5, 5.41) is 10.5. The molecule has 92 valence electrons. The molecule has 1 aromatic rings. The van der Waals surface area contributed by atoms with Crippen LogP contribution in [0.15, 0.2) is 24.3 Å². The van der Waals surface area contributed by atoms with Crippen LogP contribution in [0.3, 0.4) is 0 Å². The van der Waals surface area contributed by atoms with E-state index in [9.17, 15) is 14.9 Å². The van der Waals surface area contributed by atoms with Gasteiger partial charge in [0.2, 0.25) is 0 Å². The first-order valence-electron chi connectivity index (χ1n) is 4.66. The summed E-state index contributed by atoms with van der Waals surface area (Å²) in [6.07, 6.45) is -0.606. The summed E-state index contributed by atoms with van der Waals surface area (Å²) in [6.45, 7) is 0. The molecule has 0 atom stereocenters. The number of hydrogen-bond donors (Lipinski definition) is 0. The number of benzene rings is 1. The van der Waals surface area contributed by atoms with E-state index in [4.69, 9.17) is 27.9 Å². The van der Waals surface area contributed by atoms with Gasteiger partial charge in [0.15, 0.2) is 0 Å². The summed E-state index contributed by atoms with van der Waals surface area (Å²) in [7, 11) is 0. The molecule has 0 aliphatic carbocycles. The van der Waals surface area contributed by atoms with Gasteiger partial charge in [0.05, 0.1) is 22.2 Å². The normalized spacial score (nSPS) is 10.3. The van der Waals surface area contributed by atoms with Crippen LogP contribution in [0.1, 0.15) is 10.4 Å². The second-order valence-corrected chi connectivity index (χ2v) is 3.76. The van der Waals surface area contributed by atoms with Gasteiger partial charge in [-0.1, -0.05) is 6.07 Å². The molecular formula is C10H9Cl2NO4. The number of esters is 1. The fraction of sp³-hybridized carbons (Fsp3) is 0.300. The first kappa shape index (κ1) is 13.7. The van der Waals surface area contributed by atoms with Gasteiger partial charge in [0.25, 0.3) is 5.69 Å². The molecule has 0 heterocycles. The minimum atomic E-state index is -0.681. The summed E-state index contributed by atoms with van der Waals surface area (Å²) >= 11 is 11.0. The second kappa shape index (κ2) is 6.42. The molecule has 0 aromatic heterocycles. The number of rotatable bonds is 5. The van der Waals surface area contributed by atoms with Crippen molar-refractivity contribution >= 4 is 34.9 Å². The molecule has 0 fully saturated rings. The Kier molecular flexibility index (Phi) is 5.18. The molecule has 0 aliphatic heterocycles. The molecule has 0 N–H and O–H groups in total. The summed E-state index contributed by atoms with van der Waals surface area (Å²) in [5.74, 6) is -0.533. The largest absolute Gasteiger partial charge is 0.456 e. The Labute approximate surface area is 107 Å². The topological polar surface area (TPSA) is 69.4 Å². The van der Waals surface area contributed by atoms with Gasteiger partial charge in [-0.25, -0.2) is 4.79 Å². The van der Waals surface area contributed by atoms with E-state index in [0.717, 1.165) is 6.07 Å². The Morgan fingerprint density at radius 2 is 2.06 bits per heavy atom. The van der Waals surface area contributed by atoms with E-state index >= 15 is 0 Å². The van der Waals surface area contributed by atoms with E-state index < -0.39 is 17.0 Å². The van der Waals surface area contributed by atoms with E-state index in [-0.39, 0.29) is 23.0 Å². The van der Waals surface area contributed by atoms with Gasteiger partial charge in [-0.05, 0) is 6.07 Å². The molecule has 7 heteroatoms. The Morgan fingerprint density at radius 3 is 2.59 bits per heavy atom. The highest BCUT2D eigenvalue weighted by Gasteiger charge is 2.16. The molecule has 5 nitrogen and oxygen atoms in total. The summed E-state index contributed by atoms with van der Waals surface area (Å²) in [6, 6.07) is 5.26. The lowest BCUT2D eigenvalue weighted by atomic mass is 10.2. The zero-order chi connectivity index (χ0) is 12.8. The second-order valence-electron chi connectivity index (χ2n) is 3.14. The summed E-state index contributed by atoms with van der Waals surface area (Å²) in [4.78, 5) is 21.5. The van der Waals surface area contributed by atoms with Crippen molar-refractivity contribution in [2.75, 3.05) is 11.8 Å². The molecular weight excluding hydrogens is 269 g/mol. The third-order valence-corrected chi connectivity index (χ3v) is 2.60. The van der Waals surface area contributed by atoms with Crippen molar-refractivity contribution in [1.29, 1.82) is 0 Å². The van der Waals surface area contributed by atoms with Crippen molar-refractivity contribution in [3.05, 3.63) is 39.9 Å². The van der Waals surface area contributed by atoms with Gasteiger partial charge >= 0.3 is 5.97 Å².